The number of benzene rings is 1. The molecule has 1 heterocycles. The number of likely N-dealkylation sites (tertiary alicyclic amines) is 1. The minimum Gasteiger partial charge on any atom is -0.490 e. The summed E-state index contributed by atoms with van der Waals surface area (Å²) in [6.45, 7) is 15.3. The number of hydrogen-bond acceptors (Lipinski definition) is 4. The Labute approximate surface area is 171 Å². The summed E-state index contributed by atoms with van der Waals surface area (Å²) in [5.74, 6) is 2.86. The highest BCUT2D eigenvalue weighted by molar-refractivity contribution is 5.78. The van der Waals surface area contributed by atoms with Crippen LogP contribution in [0.15, 0.2) is 24.3 Å². The Morgan fingerprint density at radius 1 is 1.07 bits per heavy atom. The molecule has 1 aliphatic rings. The van der Waals surface area contributed by atoms with Crippen molar-refractivity contribution in [3.8, 4) is 11.5 Å². The molecule has 1 aromatic rings. The van der Waals surface area contributed by atoms with Crippen molar-refractivity contribution in [3.63, 3.8) is 0 Å². The first-order valence-electron chi connectivity index (χ1n) is 10.8. The molecule has 0 aromatic heterocycles. The normalized spacial score (nSPS) is 15.8. The van der Waals surface area contributed by atoms with Crippen LogP contribution in [0, 0.1) is 11.8 Å². The molecule has 1 saturated heterocycles. The van der Waals surface area contributed by atoms with Crippen molar-refractivity contribution in [2.75, 3.05) is 39.3 Å². The first kappa shape index (κ1) is 22.5. The maximum atomic E-state index is 12.8. The molecule has 1 amide bonds. The summed E-state index contributed by atoms with van der Waals surface area (Å²) < 4.78 is 11.9. The molecule has 0 spiro atoms. The van der Waals surface area contributed by atoms with E-state index in [1.807, 2.05) is 36.1 Å². The van der Waals surface area contributed by atoms with Crippen LogP contribution in [0.2, 0.25) is 0 Å². The standard InChI is InChI=1S/C23H38N2O3/c1-6-27-21-9-7-8-10-22(21)28-20-11-13-24(14-12-20)17-23(26)25(15-18(2)3)16-19(4)5/h7-10,18-20H,6,11-17H2,1-5H3. The average Bonchev–Trinajstić information content (AvgIpc) is 2.64. The van der Waals surface area contributed by atoms with Gasteiger partial charge in [0.05, 0.1) is 13.2 Å². The number of carbonyl (C=O) groups excluding carboxylic acids is 1. The fraction of sp³-hybridized carbons (Fsp3) is 0.696. The first-order chi connectivity index (χ1) is 13.4. The molecule has 5 nitrogen and oxygen atoms in total. The largest absolute Gasteiger partial charge is 0.490 e. The van der Waals surface area contributed by atoms with Crippen LogP contribution in [0.1, 0.15) is 47.5 Å². The van der Waals surface area contributed by atoms with Gasteiger partial charge >= 0.3 is 0 Å². The van der Waals surface area contributed by atoms with Gasteiger partial charge in [-0.3, -0.25) is 9.69 Å². The fourth-order valence-corrected chi connectivity index (χ4v) is 3.64. The number of hydrogen-bond donors (Lipinski definition) is 0. The summed E-state index contributed by atoms with van der Waals surface area (Å²) in [7, 11) is 0. The Bertz CT molecular complexity index is 585. The number of rotatable bonds is 10. The summed E-state index contributed by atoms with van der Waals surface area (Å²) >= 11 is 0. The van der Waals surface area contributed by atoms with Crippen molar-refractivity contribution >= 4 is 5.91 Å². The smallest absolute Gasteiger partial charge is 0.236 e. The van der Waals surface area contributed by atoms with Gasteiger partial charge in [0.1, 0.15) is 6.10 Å². The zero-order chi connectivity index (χ0) is 20.5. The third-order valence-electron chi connectivity index (χ3n) is 4.86. The number of piperidine rings is 1. The molecular weight excluding hydrogens is 352 g/mol. The van der Waals surface area contributed by atoms with E-state index in [1.165, 1.54) is 0 Å². The Morgan fingerprint density at radius 2 is 1.64 bits per heavy atom. The van der Waals surface area contributed by atoms with Crippen LogP contribution in [0.25, 0.3) is 0 Å². The maximum Gasteiger partial charge on any atom is 0.236 e. The van der Waals surface area contributed by atoms with E-state index in [1.54, 1.807) is 0 Å². The maximum absolute atomic E-state index is 12.8. The van der Waals surface area contributed by atoms with Gasteiger partial charge in [-0.05, 0) is 43.7 Å². The zero-order valence-corrected chi connectivity index (χ0v) is 18.3. The van der Waals surface area contributed by atoms with Gasteiger partial charge in [0.2, 0.25) is 5.91 Å². The molecule has 0 N–H and O–H groups in total. The van der Waals surface area contributed by atoms with Crippen molar-refractivity contribution in [3.05, 3.63) is 24.3 Å². The second-order valence-electron chi connectivity index (χ2n) is 8.56. The van der Waals surface area contributed by atoms with E-state index in [2.05, 4.69) is 32.6 Å². The van der Waals surface area contributed by atoms with E-state index in [9.17, 15) is 4.79 Å². The highest BCUT2D eigenvalue weighted by Gasteiger charge is 2.25. The van der Waals surface area contributed by atoms with Crippen LogP contribution in [0.3, 0.4) is 0 Å². The molecule has 0 atom stereocenters. The lowest BCUT2D eigenvalue weighted by Crippen LogP contribution is -2.46. The third kappa shape index (κ3) is 7.34. The number of amides is 1. The second-order valence-corrected chi connectivity index (χ2v) is 8.56. The summed E-state index contributed by atoms with van der Waals surface area (Å²) in [6.07, 6.45) is 2.04. The molecule has 2 rings (SSSR count). The highest BCUT2D eigenvalue weighted by Crippen LogP contribution is 2.29. The van der Waals surface area contributed by atoms with Crippen LogP contribution in [0.4, 0.5) is 0 Å². The number of carbonyl (C=O) groups is 1. The molecule has 0 bridgehead atoms. The highest BCUT2D eigenvalue weighted by atomic mass is 16.5. The molecule has 1 aliphatic heterocycles. The Morgan fingerprint density at radius 3 is 2.18 bits per heavy atom. The molecule has 158 valence electrons. The van der Waals surface area contributed by atoms with E-state index in [0.717, 1.165) is 50.5 Å². The lowest BCUT2D eigenvalue weighted by Gasteiger charge is -2.34. The van der Waals surface area contributed by atoms with Crippen LogP contribution in [-0.4, -0.2) is 61.1 Å². The van der Waals surface area contributed by atoms with E-state index < -0.39 is 0 Å². The summed E-state index contributed by atoms with van der Waals surface area (Å²) in [4.78, 5) is 17.1. The van der Waals surface area contributed by atoms with Gasteiger partial charge in [-0.1, -0.05) is 39.8 Å². The van der Waals surface area contributed by atoms with Gasteiger partial charge in [0, 0.05) is 26.2 Å². The minimum atomic E-state index is 0.176. The van der Waals surface area contributed by atoms with E-state index in [4.69, 9.17) is 9.47 Å². The number of nitrogens with zero attached hydrogens (tertiary/aromatic N) is 2. The molecule has 0 radical (unpaired) electrons. The van der Waals surface area contributed by atoms with E-state index >= 15 is 0 Å². The Kier molecular flexibility index (Phi) is 9.10. The van der Waals surface area contributed by atoms with Crippen molar-refractivity contribution in [2.24, 2.45) is 11.8 Å². The minimum absolute atomic E-state index is 0.176. The van der Waals surface area contributed by atoms with E-state index in [0.29, 0.717) is 25.0 Å². The molecule has 0 aliphatic carbocycles. The van der Waals surface area contributed by atoms with Crippen molar-refractivity contribution in [1.29, 1.82) is 0 Å². The molecule has 1 fully saturated rings. The van der Waals surface area contributed by atoms with Crippen molar-refractivity contribution in [2.45, 2.75) is 53.6 Å². The molecule has 0 saturated carbocycles. The monoisotopic (exact) mass is 390 g/mol. The molecule has 0 unspecified atom stereocenters. The first-order valence-corrected chi connectivity index (χ1v) is 10.8. The topological polar surface area (TPSA) is 42.0 Å². The summed E-state index contributed by atoms with van der Waals surface area (Å²) in [5.41, 5.74) is 0. The van der Waals surface area contributed by atoms with Crippen LogP contribution in [0.5, 0.6) is 11.5 Å². The van der Waals surface area contributed by atoms with Crippen LogP contribution >= 0.6 is 0 Å². The number of ether oxygens (including phenoxy) is 2. The average molecular weight is 391 g/mol. The summed E-state index contributed by atoms with van der Waals surface area (Å²) in [6, 6.07) is 7.86. The second kappa shape index (κ2) is 11.3. The van der Waals surface area contributed by atoms with Gasteiger partial charge < -0.3 is 14.4 Å². The lowest BCUT2D eigenvalue weighted by atomic mass is 10.1. The van der Waals surface area contributed by atoms with Crippen LogP contribution in [-0.2, 0) is 4.79 Å². The SMILES string of the molecule is CCOc1ccccc1OC1CCN(CC(=O)N(CC(C)C)CC(C)C)CC1. The molecular formula is C23H38N2O3. The fourth-order valence-electron chi connectivity index (χ4n) is 3.64. The molecule has 5 heteroatoms. The van der Waals surface area contributed by atoms with Gasteiger partial charge in [-0.2, -0.15) is 0 Å². The van der Waals surface area contributed by atoms with Crippen molar-refractivity contribution < 1.29 is 14.3 Å². The quantitative estimate of drug-likeness (QED) is 0.604. The van der Waals surface area contributed by atoms with Gasteiger partial charge in [-0.25, -0.2) is 0 Å². The van der Waals surface area contributed by atoms with E-state index in [-0.39, 0.29) is 12.0 Å². The van der Waals surface area contributed by atoms with Crippen molar-refractivity contribution in [1.82, 2.24) is 9.80 Å². The zero-order valence-electron chi connectivity index (χ0n) is 18.3. The Balaban J connectivity index is 1.83. The summed E-state index contributed by atoms with van der Waals surface area (Å²) in [5, 5.41) is 0. The molecule has 28 heavy (non-hydrogen) atoms. The predicted molar refractivity (Wildman–Crippen MR) is 114 cm³/mol. The van der Waals surface area contributed by atoms with Gasteiger partial charge in [0.15, 0.2) is 11.5 Å². The van der Waals surface area contributed by atoms with Gasteiger partial charge in [0.25, 0.3) is 0 Å². The molecule has 1 aromatic carbocycles. The Hall–Kier alpha value is -1.75. The third-order valence-corrected chi connectivity index (χ3v) is 4.86. The van der Waals surface area contributed by atoms with Gasteiger partial charge in [-0.15, -0.1) is 0 Å². The number of para-hydroxylation sites is 2. The van der Waals surface area contributed by atoms with Crippen LogP contribution < -0.4 is 9.47 Å². The lowest BCUT2D eigenvalue weighted by molar-refractivity contribution is -0.134. The predicted octanol–water partition coefficient (Wildman–Crippen LogP) is 4.07.